The molecule has 2 aromatic heterocycles. The van der Waals surface area contributed by atoms with Gasteiger partial charge in [-0.1, -0.05) is 23.4 Å². The third kappa shape index (κ3) is 5.29. The van der Waals surface area contributed by atoms with Gasteiger partial charge in [-0.2, -0.15) is 0 Å². The van der Waals surface area contributed by atoms with E-state index < -0.39 is 6.04 Å². The molecular weight excluding hydrogens is 368 g/mol. The molecule has 0 aliphatic rings. The zero-order valence-corrected chi connectivity index (χ0v) is 15.6. The summed E-state index contributed by atoms with van der Waals surface area (Å²) in [6.45, 7) is 0.266. The number of rotatable bonds is 6. The van der Waals surface area contributed by atoms with Gasteiger partial charge in [0.2, 0.25) is 5.91 Å². The highest BCUT2D eigenvalue weighted by Crippen LogP contribution is 2.17. The number of carbonyl (C=O) groups excluding carboxylic acids is 1. The molecule has 2 heterocycles. The van der Waals surface area contributed by atoms with Crippen molar-refractivity contribution in [1.29, 1.82) is 0 Å². The Bertz CT molecular complexity index is 868. The number of halogens is 1. The molecular formula is C19H21ClN4O3. The van der Waals surface area contributed by atoms with Crippen LogP contribution in [0.2, 0.25) is 0 Å². The van der Waals surface area contributed by atoms with Gasteiger partial charge in [-0.3, -0.25) is 9.78 Å². The van der Waals surface area contributed by atoms with E-state index in [1.54, 1.807) is 43.6 Å². The minimum absolute atomic E-state index is 0. The summed E-state index contributed by atoms with van der Waals surface area (Å²) in [6.07, 6.45) is 2.07. The molecule has 0 aliphatic carbocycles. The smallest absolute Gasteiger partial charge is 0.239 e. The van der Waals surface area contributed by atoms with Crippen LogP contribution in [0.15, 0.2) is 59.3 Å². The van der Waals surface area contributed by atoms with Crippen molar-refractivity contribution in [2.45, 2.75) is 19.0 Å². The minimum Gasteiger partial charge on any atom is -0.508 e. The van der Waals surface area contributed by atoms with E-state index in [0.29, 0.717) is 23.6 Å². The summed E-state index contributed by atoms with van der Waals surface area (Å²) < 4.78 is 5.30. The molecule has 3 N–H and O–H groups in total. The minimum atomic E-state index is -0.678. The molecule has 7 nitrogen and oxygen atoms in total. The van der Waals surface area contributed by atoms with Crippen LogP contribution < -0.4 is 5.73 Å². The normalized spacial score (nSPS) is 11.5. The van der Waals surface area contributed by atoms with Crippen LogP contribution in [-0.2, 0) is 17.8 Å². The Labute approximate surface area is 163 Å². The van der Waals surface area contributed by atoms with Crippen molar-refractivity contribution in [3.63, 3.8) is 0 Å². The second kappa shape index (κ2) is 9.16. The molecule has 3 rings (SSSR count). The van der Waals surface area contributed by atoms with E-state index in [9.17, 15) is 9.90 Å². The lowest BCUT2D eigenvalue weighted by Gasteiger charge is -2.20. The van der Waals surface area contributed by atoms with Crippen LogP contribution in [0.1, 0.15) is 11.3 Å². The number of carbonyl (C=O) groups is 1. The van der Waals surface area contributed by atoms with Gasteiger partial charge in [0.15, 0.2) is 5.76 Å². The Hall–Kier alpha value is -2.90. The Morgan fingerprint density at radius 2 is 1.96 bits per heavy atom. The third-order valence-corrected chi connectivity index (χ3v) is 3.96. The van der Waals surface area contributed by atoms with Gasteiger partial charge in [0.25, 0.3) is 0 Å². The number of nitrogens with zero attached hydrogens (tertiary/aromatic N) is 3. The highest BCUT2D eigenvalue weighted by Gasteiger charge is 2.20. The molecule has 1 atom stereocenters. The van der Waals surface area contributed by atoms with E-state index in [1.165, 1.54) is 4.90 Å². The predicted molar refractivity (Wildman–Crippen MR) is 103 cm³/mol. The van der Waals surface area contributed by atoms with Crippen molar-refractivity contribution in [3.8, 4) is 17.1 Å². The number of hydrogen-bond acceptors (Lipinski definition) is 6. The lowest BCUT2D eigenvalue weighted by molar-refractivity contribution is -0.132. The lowest BCUT2D eigenvalue weighted by Crippen LogP contribution is -2.42. The number of nitrogens with two attached hydrogens (primary N) is 1. The van der Waals surface area contributed by atoms with E-state index >= 15 is 0 Å². The van der Waals surface area contributed by atoms with Gasteiger partial charge in [0.1, 0.15) is 11.4 Å². The van der Waals surface area contributed by atoms with Crippen molar-refractivity contribution in [3.05, 3.63) is 66.1 Å². The SMILES string of the molecule is CN(Cc1cc(-c2ccccn2)no1)C(=O)[C@H](N)Cc1ccc(O)cc1.Cl. The van der Waals surface area contributed by atoms with Crippen LogP contribution in [0.4, 0.5) is 0 Å². The summed E-state index contributed by atoms with van der Waals surface area (Å²) >= 11 is 0. The van der Waals surface area contributed by atoms with Gasteiger partial charge >= 0.3 is 0 Å². The Kier molecular flexibility index (Phi) is 6.92. The zero-order valence-electron chi connectivity index (χ0n) is 14.8. The standard InChI is InChI=1S/C19H20N4O3.ClH/c1-23(19(25)16(20)10-13-5-7-14(24)8-6-13)12-15-11-18(22-26-15)17-4-2-3-9-21-17;/h2-9,11,16,24H,10,12,20H2,1H3;1H/t16-;/m1./s1. The van der Waals surface area contributed by atoms with Gasteiger partial charge in [-0.05, 0) is 36.2 Å². The first-order valence-corrected chi connectivity index (χ1v) is 8.18. The van der Waals surface area contributed by atoms with Crippen LogP contribution in [0.25, 0.3) is 11.4 Å². The quantitative estimate of drug-likeness (QED) is 0.671. The highest BCUT2D eigenvalue weighted by atomic mass is 35.5. The summed E-state index contributed by atoms with van der Waals surface area (Å²) in [5.74, 6) is 0.534. The number of likely N-dealkylation sites (N-methyl/N-ethyl adjacent to an activating group) is 1. The number of hydrogen-bond donors (Lipinski definition) is 2. The van der Waals surface area contributed by atoms with Crippen molar-refractivity contribution in [2.24, 2.45) is 5.73 Å². The first kappa shape index (κ1) is 20.4. The van der Waals surface area contributed by atoms with Gasteiger partial charge in [0, 0.05) is 19.3 Å². The van der Waals surface area contributed by atoms with Crippen molar-refractivity contribution in [1.82, 2.24) is 15.0 Å². The fourth-order valence-corrected chi connectivity index (χ4v) is 2.59. The molecule has 0 spiro atoms. The maximum absolute atomic E-state index is 12.5. The summed E-state index contributed by atoms with van der Waals surface area (Å²) in [5.41, 5.74) is 8.24. The van der Waals surface area contributed by atoms with Crippen LogP contribution in [-0.4, -0.2) is 39.1 Å². The Morgan fingerprint density at radius 3 is 2.63 bits per heavy atom. The van der Waals surface area contributed by atoms with Crippen molar-refractivity contribution < 1.29 is 14.4 Å². The van der Waals surface area contributed by atoms with E-state index in [2.05, 4.69) is 10.1 Å². The predicted octanol–water partition coefficient (Wildman–Crippen LogP) is 2.39. The van der Waals surface area contributed by atoms with Crippen LogP contribution in [0.5, 0.6) is 5.75 Å². The molecule has 0 saturated carbocycles. The van der Waals surface area contributed by atoms with Crippen LogP contribution in [0, 0.1) is 0 Å². The van der Waals surface area contributed by atoms with Crippen LogP contribution in [0.3, 0.4) is 0 Å². The number of benzene rings is 1. The lowest BCUT2D eigenvalue weighted by atomic mass is 10.1. The van der Waals surface area contributed by atoms with E-state index in [1.807, 2.05) is 18.2 Å². The zero-order chi connectivity index (χ0) is 18.5. The van der Waals surface area contributed by atoms with Crippen LogP contribution >= 0.6 is 12.4 Å². The average molecular weight is 389 g/mol. The molecule has 0 bridgehead atoms. The number of aromatic hydroxyl groups is 1. The number of phenols is 1. The first-order chi connectivity index (χ1) is 12.5. The molecule has 0 saturated heterocycles. The molecule has 1 aromatic carbocycles. The Balaban J connectivity index is 0.00000261. The molecule has 142 valence electrons. The number of aromatic nitrogens is 2. The highest BCUT2D eigenvalue weighted by molar-refractivity contribution is 5.85. The topological polar surface area (TPSA) is 105 Å². The maximum atomic E-state index is 12.5. The van der Waals surface area contributed by atoms with E-state index in [-0.39, 0.29) is 30.6 Å². The first-order valence-electron chi connectivity index (χ1n) is 8.18. The van der Waals surface area contributed by atoms with E-state index in [4.69, 9.17) is 10.3 Å². The van der Waals surface area contributed by atoms with Crippen molar-refractivity contribution >= 4 is 18.3 Å². The summed E-state index contributed by atoms with van der Waals surface area (Å²) in [5, 5.41) is 13.3. The summed E-state index contributed by atoms with van der Waals surface area (Å²) in [7, 11) is 1.67. The monoisotopic (exact) mass is 388 g/mol. The summed E-state index contributed by atoms with van der Waals surface area (Å²) in [6, 6.07) is 13.3. The fourth-order valence-electron chi connectivity index (χ4n) is 2.59. The molecule has 1 amide bonds. The number of amides is 1. The maximum Gasteiger partial charge on any atom is 0.239 e. The van der Waals surface area contributed by atoms with Crippen molar-refractivity contribution in [2.75, 3.05) is 7.05 Å². The summed E-state index contributed by atoms with van der Waals surface area (Å²) in [4.78, 5) is 18.2. The number of phenolic OH excluding ortho intramolecular Hbond substituents is 1. The van der Waals surface area contributed by atoms with E-state index in [0.717, 1.165) is 5.56 Å². The van der Waals surface area contributed by atoms with Gasteiger partial charge in [0.05, 0.1) is 18.3 Å². The largest absolute Gasteiger partial charge is 0.508 e. The van der Waals surface area contributed by atoms with Gasteiger partial charge < -0.3 is 20.3 Å². The average Bonchev–Trinajstić information content (AvgIpc) is 3.12. The molecule has 0 aliphatic heterocycles. The molecule has 8 heteroatoms. The second-order valence-corrected chi connectivity index (χ2v) is 6.06. The second-order valence-electron chi connectivity index (χ2n) is 6.06. The van der Waals surface area contributed by atoms with Gasteiger partial charge in [-0.25, -0.2) is 0 Å². The third-order valence-electron chi connectivity index (χ3n) is 3.96. The molecule has 0 radical (unpaired) electrons. The Morgan fingerprint density at radius 1 is 1.22 bits per heavy atom. The molecule has 0 unspecified atom stereocenters. The fraction of sp³-hybridized carbons (Fsp3) is 0.211. The van der Waals surface area contributed by atoms with Gasteiger partial charge in [-0.15, -0.1) is 12.4 Å². The number of pyridine rings is 1. The molecule has 0 fully saturated rings. The molecule has 27 heavy (non-hydrogen) atoms. The molecule has 3 aromatic rings.